The summed E-state index contributed by atoms with van der Waals surface area (Å²) in [5, 5.41) is 0. The molecule has 0 aliphatic rings. The summed E-state index contributed by atoms with van der Waals surface area (Å²) in [7, 11) is 2.11. The van der Waals surface area contributed by atoms with Gasteiger partial charge in [-0.1, -0.05) is 13.3 Å². The molecule has 0 saturated heterocycles. The second-order valence-electron chi connectivity index (χ2n) is 3.96. The molecule has 1 aromatic rings. The van der Waals surface area contributed by atoms with Crippen molar-refractivity contribution < 1.29 is 0 Å². The molecule has 2 N–H and O–H groups in total. The zero-order valence-electron chi connectivity index (χ0n) is 9.90. The molecule has 3 nitrogen and oxygen atoms in total. The summed E-state index contributed by atoms with van der Waals surface area (Å²) < 4.78 is 0. The lowest BCUT2D eigenvalue weighted by Gasteiger charge is -2.26. The normalized spacial score (nSPS) is 12.5. The fraction of sp³-hybridized carbons (Fsp3) is 0.583. The molecule has 0 amide bonds. The van der Waals surface area contributed by atoms with E-state index in [1.54, 1.807) is 0 Å². The largest absolute Gasteiger partial charge is 0.371 e. The Kier molecular flexibility index (Phi) is 4.56. The molecule has 0 aromatic carbocycles. The van der Waals surface area contributed by atoms with Crippen LogP contribution in [0, 0.1) is 0 Å². The van der Waals surface area contributed by atoms with E-state index in [1.165, 1.54) is 12.8 Å². The Balaban J connectivity index is 2.69. The third-order valence-electron chi connectivity index (χ3n) is 2.79. The molecule has 1 heterocycles. The third kappa shape index (κ3) is 3.20. The minimum Gasteiger partial charge on any atom is -0.371 e. The molecule has 0 bridgehead atoms. The summed E-state index contributed by atoms with van der Waals surface area (Å²) >= 11 is 0. The number of anilines is 1. The molecule has 84 valence electrons. The Morgan fingerprint density at radius 2 is 2.20 bits per heavy atom. The zero-order chi connectivity index (χ0) is 11.3. The van der Waals surface area contributed by atoms with Gasteiger partial charge in [-0.05, 0) is 25.5 Å². The predicted octanol–water partition coefficient (Wildman–Crippen LogP) is 2.17. The number of nitrogens with zero attached hydrogens (tertiary/aromatic N) is 2. The smallest absolute Gasteiger partial charge is 0.0552 e. The van der Waals surface area contributed by atoms with E-state index in [0.29, 0.717) is 12.6 Å². The predicted molar refractivity (Wildman–Crippen MR) is 64.9 cm³/mol. The topological polar surface area (TPSA) is 42.1 Å². The van der Waals surface area contributed by atoms with Gasteiger partial charge in [0.1, 0.15) is 0 Å². The van der Waals surface area contributed by atoms with Crippen LogP contribution in [0.5, 0.6) is 0 Å². The maximum Gasteiger partial charge on any atom is 0.0552 e. The molecule has 3 heteroatoms. The Bertz CT molecular complexity index is 281. The Morgan fingerprint density at radius 1 is 1.47 bits per heavy atom. The SMILES string of the molecule is CCCC(C)N(C)c1ccc(CN)nc1. The quantitative estimate of drug-likeness (QED) is 0.804. The van der Waals surface area contributed by atoms with Crippen LogP contribution in [0.15, 0.2) is 18.3 Å². The van der Waals surface area contributed by atoms with E-state index in [0.717, 1.165) is 11.4 Å². The second kappa shape index (κ2) is 5.71. The number of aromatic nitrogens is 1. The fourth-order valence-electron chi connectivity index (χ4n) is 1.61. The average Bonchev–Trinajstić information content (AvgIpc) is 2.28. The van der Waals surface area contributed by atoms with E-state index in [1.807, 2.05) is 12.3 Å². The van der Waals surface area contributed by atoms with E-state index in [2.05, 4.69) is 36.8 Å². The summed E-state index contributed by atoms with van der Waals surface area (Å²) in [5.74, 6) is 0. The highest BCUT2D eigenvalue weighted by atomic mass is 15.1. The van der Waals surface area contributed by atoms with Crippen molar-refractivity contribution in [1.82, 2.24) is 4.98 Å². The van der Waals surface area contributed by atoms with Crippen molar-refractivity contribution in [3.05, 3.63) is 24.0 Å². The first kappa shape index (κ1) is 12.0. The highest BCUT2D eigenvalue weighted by Crippen LogP contribution is 2.16. The van der Waals surface area contributed by atoms with Crippen LogP contribution in [0.25, 0.3) is 0 Å². The molecule has 15 heavy (non-hydrogen) atoms. The monoisotopic (exact) mass is 207 g/mol. The minimum absolute atomic E-state index is 0.508. The van der Waals surface area contributed by atoms with Gasteiger partial charge in [0.25, 0.3) is 0 Å². The summed E-state index contributed by atoms with van der Waals surface area (Å²) in [6, 6.07) is 4.63. The molecule has 0 aliphatic heterocycles. The molecule has 1 rings (SSSR count). The van der Waals surface area contributed by atoms with Crippen molar-refractivity contribution in [2.24, 2.45) is 5.73 Å². The third-order valence-corrected chi connectivity index (χ3v) is 2.79. The molecule has 1 atom stereocenters. The number of nitrogens with two attached hydrogens (primary N) is 1. The van der Waals surface area contributed by atoms with Crippen molar-refractivity contribution >= 4 is 5.69 Å². The lowest BCUT2D eigenvalue weighted by molar-refractivity contribution is 0.615. The van der Waals surface area contributed by atoms with Gasteiger partial charge in [0, 0.05) is 19.6 Å². The lowest BCUT2D eigenvalue weighted by Crippen LogP contribution is -2.28. The molecule has 1 unspecified atom stereocenters. The highest BCUT2D eigenvalue weighted by Gasteiger charge is 2.08. The van der Waals surface area contributed by atoms with Crippen LogP contribution in [0.2, 0.25) is 0 Å². The first-order chi connectivity index (χ1) is 7.19. The van der Waals surface area contributed by atoms with Crippen LogP contribution in [0.3, 0.4) is 0 Å². The molecule has 0 fully saturated rings. The van der Waals surface area contributed by atoms with Crippen LogP contribution < -0.4 is 10.6 Å². The summed E-state index contributed by atoms with van der Waals surface area (Å²) in [4.78, 5) is 6.55. The van der Waals surface area contributed by atoms with Crippen molar-refractivity contribution in [2.45, 2.75) is 39.3 Å². The van der Waals surface area contributed by atoms with Gasteiger partial charge < -0.3 is 10.6 Å². The maximum atomic E-state index is 5.51. The molecule has 1 aromatic heterocycles. The van der Waals surface area contributed by atoms with E-state index in [4.69, 9.17) is 5.73 Å². The Labute approximate surface area is 92.3 Å². The second-order valence-corrected chi connectivity index (χ2v) is 3.96. The number of hydrogen-bond acceptors (Lipinski definition) is 3. The van der Waals surface area contributed by atoms with Crippen LogP contribution >= 0.6 is 0 Å². The molecule has 0 radical (unpaired) electrons. The first-order valence-electron chi connectivity index (χ1n) is 5.56. The van der Waals surface area contributed by atoms with Crippen LogP contribution in [0.1, 0.15) is 32.4 Å². The van der Waals surface area contributed by atoms with Gasteiger partial charge in [0.2, 0.25) is 0 Å². The van der Waals surface area contributed by atoms with Gasteiger partial charge in [-0.15, -0.1) is 0 Å². The average molecular weight is 207 g/mol. The minimum atomic E-state index is 0.508. The van der Waals surface area contributed by atoms with E-state index < -0.39 is 0 Å². The van der Waals surface area contributed by atoms with Crippen LogP contribution in [-0.2, 0) is 6.54 Å². The molecular formula is C12H21N3. The van der Waals surface area contributed by atoms with Gasteiger partial charge in [-0.3, -0.25) is 4.98 Å². The fourth-order valence-corrected chi connectivity index (χ4v) is 1.61. The Morgan fingerprint density at radius 3 is 2.67 bits per heavy atom. The summed E-state index contributed by atoms with van der Waals surface area (Å²) in [6.45, 7) is 4.95. The zero-order valence-corrected chi connectivity index (χ0v) is 9.90. The van der Waals surface area contributed by atoms with E-state index in [9.17, 15) is 0 Å². The summed E-state index contributed by atoms with van der Waals surface area (Å²) in [6.07, 6.45) is 4.31. The molecular weight excluding hydrogens is 186 g/mol. The van der Waals surface area contributed by atoms with Crippen molar-refractivity contribution in [2.75, 3.05) is 11.9 Å². The van der Waals surface area contributed by atoms with Gasteiger partial charge in [-0.25, -0.2) is 0 Å². The van der Waals surface area contributed by atoms with E-state index >= 15 is 0 Å². The van der Waals surface area contributed by atoms with E-state index in [-0.39, 0.29) is 0 Å². The molecule has 0 saturated carbocycles. The highest BCUT2D eigenvalue weighted by molar-refractivity contribution is 5.44. The first-order valence-corrected chi connectivity index (χ1v) is 5.56. The summed E-state index contributed by atoms with van der Waals surface area (Å²) in [5.41, 5.74) is 7.61. The Hall–Kier alpha value is -1.09. The van der Waals surface area contributed by atoms with Crippen LogP contribution in [0.4, 0.5) is 5.69 Å². The van der Waals surface area contributed by atoms with Crippen molar-refractivity contribution in [3.8, 4) is 0 Å². The number of hydrogen-bond donors (Lipinski definition) is 1. The van der Waals surface area contributed by atoms with Gasteiger partial charge >= 0.3 is 0 Å². The number of pyridine rings is 1. The van der Waals surface area contributed by atoms with Gasteiger partial charge in [0.15, 0.2) is 0 Å². The van der Waals surface area contributed by atoms with Gasteiger partial charge in [-0.2, -0.15) is 0 Å². The lowest BCUT2D eigenvalue weighted by atomic mass is 10.1. The maximum absolute atomic E-state index is 5.51. The molecule has 0 spiro atoms. The van der Waals surface area contributed by atoms with Crippen molar-refractivity contribution in [1.29, 1.82) is 0 Å². The standard InChI is InChI=1S/C12H21N3/c1-4-5-10(2)15(3)12-7-6-11(8-13)14-9-12/h6-7,9-10H,4-5,8,13H2,1-3H3. The van der Waals surface area contributed by atoms with Crippen LogP contribution in [-0.4, -0.2) is 18.1 Å². The van der Waals surface area contributed by atoms with Crippen molar-refractivity contribution in [3.63, 3.8) is 0 Å². The van der Waals surface area contributed by atoms with Gasteiger partial charge in [0.05, 0.1) is 17.6 Å². The molecule has 0 aliphatic carbocycles. The number of rotatable bonds is 5.